The van der Waals surface area contributed by atoms with Gasteiger partial charge in [-0.15, -0.1) is 0 Å². The van der Waals surface area contributed by atoms with Crippen LogP contribution in [-0.4, -0.2) is 47.2 Å². The van der Waals surface area contributed by atoms with Gasteiger partial charge in [0.1, 0.15) is 5.83 Å². The highest BCUT2D eigenvalue weighted by molar-refractivity contribution is 6.00. The molecule has 2 aromatic heterocycles. The van der Waals surface area contributed by atoms with Crippen LogP contribution in [0.15, 0.2) is 78.9 Å². The van der Waals surface area contributed by atoms with E-state index < -0.39 is 11.7 Å². The highest BCUT2D eigenvalue weighted by Gasteiger charge is 2.12. The molecule has 0 atom stereocenters. The van der Waals surface area contributed by atoms with E-state index in [1.807, 2.05) is 30.3 Å². The number of ether oxygens (including phenoxy) is 1. The van der Waals surface area contributed by atoms with Crippen molar-refractivity contribution in [1.29, 1.82) is 0 Å². The fraction of sp³-hybridized carbons (Fsp3) is 0.185. The number of nitrogens with one attached hydrogen (secondary N) is 2. The first-order chi connectivity index (χ1) is 17.5. The highest BCUT2D eigenvalue weighted by Crippen LogP contribution is 2.29. The third kappa shape index (κ3) is 5.47. The second-order valence-electron chi connectivity index (χ2n) is 8.36. The summed E-state index contributed by atoms with van der Waals surface area (Å²) in [5.41, 5.74) is 4.67. The van der Waals surface area contributed by atoms with Gasteiger partial charge in [-0.3, -0.25) is 9.78 Å². The van der Waals surface area contributed by atoms with Crippen LogP contribution in [0.25, 0.3) is 22.2 Å². The van der Waals surface area contributed by atoms with Gasteiger partial charge in [0.2, 0.25) is 5.95 Å². The Morgan fingerprint density at radius 3 is 2.64 bits per heavy atom. The summed E-state index contributed by atoms with van der Waals surface area (Å²) in [7, 11) is 0. The number of anilines is 4. The average Bonchev–Trinajstić information content (AvgIpc) is 2.89. The summed E-state index contributed by atoms with van der Waals surface area (Å²) in [4.78, 5) is 27.9. The van der Waals surface area contributed by atoms with Crippen molar-refractivity contribution in [3.8, 4) is 11.3 Å². The normalized spacial score (nSPS) is 14.1. The van der Waals surface area contributed by atoms with Crippen LogP contribution >= 0.6 is 0 Å². The molecule has 5 rings (SSSR count). The Bertz CT molecular complexity index is 1410. The lowest BCUT2D eigenvalue weighted by atomic mass is 10.1. The maximum absolute atomic E-state index is 13.0. The van der Waals surface area contributed by atoms with Gasteiger partial charge in [0.05, 0.1) is 24.4 Å². The molecule has 0 aliphatic carbocycles. The Kier molecular flexibility index (Phi) is 6.81. The fourth-order valence-corrected chi connectivity index (χ4v) is 4.04. The van der Waals surface area contributed by atoms with Gasteiger partial charge >= 0.3 is 0 Å². The van der Waals surface area contributed by atoms with E-state index in [0.717, 1.165) is 60.2 Å². The van der Waals surface area contributed by atoms with Crippen molar-refractivity contribution in [3.05, 3.63) is 78.9 Å². The molecule has 1 aliphatic rings. The Balaban J connectivity index is 1.39. The number of para-hydroxylation sites is 1. The molecule has 8 nitrogen and oxygen atoms in total. The first-order valence-corrected chi connectivity index (χ1v) is 11.6. The second kappa shape index (κ2) is 10.5. The van der Waals surface area contributed by atoms with Crippen LogP contribution in [0.5, 0.6) is 0 Å². The Morgan fingerprint density at radius 1 is 1.06 bits per heavy atom. The molecular formula is C27H25FN6O2. The lowest BCUT2D eigenvalue weighted by Crippen LogP contribution is -2.36. The number of hydrogen-bond acceptors (Lipinski definition) is 7. The summed E-state index contributed by atoms with van der Waals surface area (Å²) in [5.74, 6) is -0.649. The SMILES string of the molecule is CC(F)=CC(=O)Nc1ccnc(-c2cccc3cnc(Nc4ccc(N5CCOCC5)cc4)nc23)c1. The van der Waals surface area contributed by atoms with Gasteiger partial charge < -0.3 is 20.3 Å². The number of pyridine rings is 1. The van der Waals surface area contributed by atoms with Crippen LogP contribution in [0.1, 0.15) is 6.92 Å². The number of allylic oxidation sites excluding steroid dienone is 1. The van der Waals surface area contributed by atoms with E-state index in [0.29, 0.717) is 17.3 Å². The monoisotopic (exact) mass is 484 g/mol. The first-order valence-electron chi connectivity index (χ1n) is 11.6. The summed E-state index contributed by atoms with van der Waals surface area (Å²) in [6.45, 7) is 4.47. The number of morpholine rings is 1. The molecule has 1 aliphatic heterocycles. The quantitative estimate of drug-likeness (QED) is 0.369. The summed E-state index contributed by atoms with van der Waals surface area (Å²) in [6.07, 6.45) is 4.25. The van der Waals surface area contributed by atoms with Crippen LogP contribution in [-0.2, 0) is 9.53 Å². The molecule has 3 heterocycles. The minimum absolute atomic E-state index is 0.460. The van der Waals surface area contributed by atoms with E-state index in [9.17, 15) is 9.18 Å². The predicted molar refractivity (Wildman–Crippen MR) is 139 cm³/mol. The molecule has 2 N–H and O–H groups in total. The average molecular weight is 485 g/mol. The molecule has 0 spiro atoms. The molecule has 0 unspecified atom stereocenters. The molecule has 9 heteroatoms. The maximum Gasteiger partial charge on any atom is 0.250 e. The zero-order chi connectivity index (χ0) is 24.9. The lowest BCUT2D eigenvalue weighted by Gasteiger charge is -2.28. The molecule has 2 aromatic carbocycles. The van der Waals surface area contributed by atoms with Crippen LogP contribution in [0.3, 0.4) is 0 Å². The summed E-state index contributed by atoms with van der Waals surface area (Å²) in [5, 5.41) is 6.78. The highest BCUT2D eigenvalue weighted by atomic mass is 19.1. The van der Waals surface area contributed by atoms with E-state index in [1.54, 1.807) is 24.5 Å². The molecular weight excluding hydrogens is 459 g/mol. The molecule has 1 saturated heterocycles. The van der Waals surface area contributed by atoms with E-state index in [-0.39, 0.29) is 0 Å². The topological polar surface area (TPSA) is 92.3 Å². The van der Waals surface area contributed by atoms with Crippen LogP contribution < -0.4 is 15.5 Å². The minimum Gasteiger partial charge on any atom is -0.378 e. The summed E-state index contributed by atoms with van der Waals surface area (Å²) < 4.78 is 18.5. The summed E-state index contributed by atoms with van der Waals surface area (Å²) >= 11 is 0. The standard InChI is InChI=1S/C27H25FN6O2/c1-18(28)15-25(35)31-21-9-10-29-24(16-21)23-4-2-3-19-17-30-27(33-26(19)23)32-20-5-7-22(8-6-20)34-11-13-36-14-12-34/h2-10,15-17H,11-14H2,1H3,(H,29,31,35)(H,30,32,33). The van der Waals surface area contributed by atoms with Gasteiger partial charge in [0.15, 0.2) is 0 Å². The maximum atomic E-state index is 13.0. The van der Waals surface area contributed by atoms with E-state index in [1.165, 1.54) is 6.92 Å². The van der Waals surface area contributed by atoms with Gasteiger partial charge in [-0.2, -0.15) is 0 Å². The van der Waals surface area contributed by atoms with Gasteiger partial charge in [0, 0.05) is 59.6 Å². The predicted octanol–water partition coefficient (Wildman–Crippen LogP) is 5.08. The number of benzene rings is 2. The smallest absolute Gasteiger partial charge is 0.250 e. The van der Waals surface area contributed by atoms with E-state index in [2.05, 4.69) is 37.6 Å². The van der Waals surface area contributed by atoms with Crippen molar-refractivity contribution < 1.29 is 13.9 Å². The van der Waals surface area contributed by atoms with Crippen molar-refractivity contribution in [1.82, 2.24) is 15.0 Å². The fourth-order valence-electron chi connectivity index (χ4n) is 4.04. The molecule has 1 fully saturated rings. The van der Waals surface area contributed by atoms with Crippen molar-refractivity contribution in [2.24, 2.45) is 0 Å². The van der Waals surface area contributed by atoms with Crippen LogP contribution in [0.4, 0.5) is 27.4 Å². The number of fused-ring (bicyclic) bond motifs is 1. The number of carbonyl (C=O) groups is 1. The van der Waals surface area contributed by atoms with Crippen LogP contribution in [0, 0.1) is 0 Å². The number of carbonyl (C=O) groups excluding carboxylic acids is 1. The molecule has 0 radical (unpaired) electrons. The number of aromatic nitrogens is 3. The zero-order valence-electron chi connectivity index (χ0n) is 19.7. The molecule has 36 heavy (non-hydrogen) atoms. The van der Waals surface area contributed by atoms with Crippen molar-refractivity contribution in [2.45, 2.75) is 6.92 Å². The van der Waals surface area contributed by atoms with Gasteiger partial charge in [-0.05, 0) is 43.3 Å². The largest absolute Gasteiger partial charge is 0.378 e. The Hall–Kier alpha value is -4.37. The Morgan fingerprint density at radius 2 is 1.86 bits per heavy atom. The number of rotatable bonds is 6. The van der Waals surface area contributed by atoms with Crippen molar-refractivity contribution in [3.63, 3.8) is 0 Å². The van der Waals surface area contributed by atoms with Gasteiger partial charge in [-0.1, -0.05) is 18.2 Å². The Labute approximate surface area is 207 Å². The number of nitrogens with zero attached hydrogens (tertiary/aromatic N) is 4. The second-order valence-corrected chi connectivity index (χ2v) is 8.36. The van der Waals surface area contributed by atoms with Crippen LogP contribution in [0.2, 0.25) is 0 Å². The third-order valence-electron chi connectivity index (χ3n) is 5.74. The van der Waals surface area contributed by atoms with Crippen molar-refractivity contribution >= 4 is 39.8 Å². The molecule has 0 saturated carbocycles. The van der Waals surface area contributed by atoms with Crippen molar-refractivity contribution in [2.75, 3.05) is 41.8 Å². The molecule has 4 aromatic rings. The minimum atomic E-state index is -0.566. The number of amides is 1. The zero-order valence-corrected chi connectivity index (χ0v) is 19.7. The van der Waals surface area contributed by atoms with Gasteiger partial charge in [0.25, 0.3) is 5.91 Å². The first kappa shape index (κ1) is 23.4. The molecule has 182 valence electrons. The lowest BCUT2D eigenvalue weighted by molar-refractivity contribution is -0.112. The number of halogens is 1. The van der Waals surface area contributed by atoms with E-state index in [4.69, 9.17) is 9.72 Å². The van der Waals surface area contributed by atoms with Gasteiger partial charge in [-0.25, -0.2) is 14.4 Å². The number of hydrogen-bond donors (Lipinski definition) is 2. The molecule has 0 bridgehead atoms. The van der Waals surface area contributed by atoms with E-state index >= 15 is 0 Å². The third-order valence-corrected chi connectivity index (χ3v) is 5.74. The summed E-state index contributed by atoms with van der Waals surface area (Å²) in [6, 6.07) is 17.3. The molecule has 1 amide bonds.